The molecule has 31 heavy (non-hydrogen) atoms. The lowest BCUT2D eigenvalue weighted by molar-refractivity contribution is 0.321. The Kier molecular flexibility index (Phi) is 8.97. The summed E-state index contributed by atoms with van der Waals surface area (Å²) >= 11 is 1.74. The third-order valence-electron chi connectivity index (χ3n) is 5.26. The average molecular weight is 446 g/mol. The van der Waals surface area contributed by atoms with Crippen molar-refractivity contribution in [3.63, 3.8) is 0 Å². The minimum absolute atomic E-state index is 0.395. The van der Waals surface area contributed by atoms with Crippen LogP contribution in [0.3, 0.4) is 0 Å². The maximum atomic E-state index is 5.40. The Labute approximate surface area is 189 Å². The smallest absolute Gasteiger partial charge is 0.191 e. The normalized spacial score (nSPS) is 17.0. The molecule has 2 aromatic rings. The largest absolute Gasteiger partial charge is 0.497 e. The first-order valence-electron chi connectivity index (χ1n) is 11.0. The first-order valence-corrected chi connectivity index (χ1v) is 11.9. The lowest BCUT2D eigenvalue weighted by atomic mass is 10.2. The molecule has 3 rings (SSSR count). The van der Waals surface area contributed by atoms with Crippen LogP contribution in [0, 0.1) is 6.92 Å². The van der Waals surface area contributed by atoms with E-state index in [0.29, 0.717) is 6.04 Å². The number of rotatable bonds is 10. The fourth-order valence-electron chi connectivity index (χ4n) is 3.76. The second-order valence-corrected chi connectivity index (χ2v) is 8.78. The van der Waals surface area contributed by atoms with Crippen molar-refractivity contribution in [2.75, 3.05) is 40.4 Å². The van der Waals surface area contributed by atoms with Gasteiger partial charge in [0, 0.05) is 62.3 Å². The predicted molar refractivity (Wildman–Crippen MR) is 128 cm³/mol. The van der Waals surface area contributed by atoms with Crippen molar-refractivity contribution in [1.82, 2.24) is 20.5 Å². The number of methoxy groups -OCH3 is 2. The van der Waals surface area contributed by atoms with Crippen molar-refractivity contribution in [1.29, 1.82) is 0 Å². The van der Waals surface area contributed by atoms with Crippen LogP contribution in [0.2, 0.25) is 0 Å². The monoisotopic (exact) mass is 445 g/mol. The number of ether oxygens (including phenoxy) is 2. The fraction of sp³-hybridized carbons (Fsp3) is 0.565. The molecule has 8 heteroatoms. The number of guanidine groups is 1. The van der Waals surface area contributed by atoms with Gasteiger partial charge in [-0.15, -0.1) is 11.3 Å². The Morgan fingerprint density at radius 2 is 2.03 bits per heavy atom. The topological polar surface area (TPSA) is 71.0 Å². The van der Waals surface area contributed by atoms with Crippen LogP contribution < -0.4 is 20.1 Å². The first-order chi connectivity index (χ1) is 15.1. The molecule has 0 saturated carbocycles. The van der Waals surface area contributed by atoms with Gasteiger partial charge in [0.1, 0.15) is 11.5 Å². The van der Waals surface area contributed by atoms with Crippen LogP contribution in [0.1, 0.15) is 36.0 Å². The van der Waals surface area contributed by atoms with E-state index in [-0.39, 0.29) is 0 Å². The average Bonchev–Trinajstić information content (AvgIpc) is 3.39. The predicted octanol–water partition coefficient (Wildman–Crippen LogP) is 3.23. The highest BCUT2D eigenvalue weighted by Crippen LogP contribution is 2.24. The number of aliphatic imine (C=N–C) groups is 1. The van der Waals surface area contributed by atoms with Gasteiger partial charge in [-0.25, -0.2) is 4.98 Å². The lowest BCUT2D eigenvalue weighted by Gasteiger charge is -2.19. The highest BCUT2D eigenvalue weighted by molar-refractivity contribution is 7.09. The molecule has 2 heterocycles. The quantitative estimate of drug-likeness (QED) is 0.332. The Bertz CT molecular complexity index is 832. The second kappa shape index (κ2) is 11.9. The molecule has 0 spiro atoms. The number of benzene rings is 1. The van der Waals surface area contributed by atoms with Gasteiger partial charge in [-0.2, -0.15) is 0 Å². The van der Waals surface area contributed by atoms with Crippen molar-refractivity contribution in [3.8, 4) is 11.5 Å². The molecule has 1 aliphatic heterocycles. The fourth-order valence-corrected chi connectivity index (χ4v) is 4.58. The number of thiazole rings is 1. The molecule has 1 aromatic carbocycles. The molecule has 1 aromatic heterocycles. The molecular weight excluding hydrogens is 410 g/mol. The van der Waals surface area contributed by atoms with Crippen molar-refractivity contribution in [3.05, 3.63) is 39.8 Å². The molecule has 1 aliphatic rings. The van der Waals surface area contributed by atoms with E-state index in [1.165, 1.54) is 10.6 Å². The van der Waals surface area contributed by atoms with E-state index in [1.54, 1.807) is 25.6 Å². The molecule has 2 N–H and O–H groups in total. The van der Waals surface area contributed by atoms with Gasteiger partial charge in [-0.1, -0.05) is 0 Å². The van der Waals surface area contributed by atoms with Crippen LogP contribution in [-0.2, 0) is 13.0 Å². The van der Waals surface area contributed by atoms with Crippen molar-refractivity contribution in [2.24, 2.45) is 4.99 Å². The van der Waals surface area contributed by atoms with Gasteiger partial charge in [0.05, 0.1) is 19.2 Å². The van der Waals surface area contributed by atoms with Gasteiger partial charge in [-0.3, -0.25) is 9.89 Å². The lowest BCUT2D eigenvalue weighted by Crippen LogP contribution is -2.44. The zero-order valence-electron chi connectivity index (χ0n) is 19.1. The van der Waals surface area contributed by atoms with E-state index in [9.17, 15) is 0 Å². The summed E-state index contributed by atoms with van der Waals surface area (Å²) in [5.74, 6) is 2.57. The molecule has 0 amide bonds. The zero-order chi connectivity index (χ0) is 22.1. The molecule has 0 aliphatic carbocycles. The Balaban J connectivity index is 1.48. The van der Waals surface area contributed by atoms with Crippen molar-refractivity contribution >= 4 is 17.3 Å². The summed E-state index contributed by atoms with van der Waals surface area (Å²) in [6.07, 6.45) is 3.10. The highest BCUT2D eigenvalue weighted by atomic mass is 32.1. The summed E-state index contributed by atoms with van der Waals surface area (Å²) in [6.45, 7) is 8.73. The number of likely N-dealkylation sites (tertiary alicyclic amines) is 1. The molecule has 1 saturated heterocycles. The number of hydrogen-bond acceptors (Lipinski definition) is 6. The van der Waals surface area contributed by atoms with Crippen molar-refractivity contribution < 1.29 is 9.47 Å². The molecule has 1 fully saturated rings. The number of aromatic nitrogens is 1. The summed E-state index contributed by atoms with van der Waals surface area (Å²) in [5.41, 5.74) is 2.31. The maximum Gasteiger partial charge on any atom is 0.191 e. The summed E-state index contributed by atoms with van der Waals surface area (Å²) in [6, 6.07) is 6.47. The van der Waals surface area contributed by atoms with Crippen LogP contribution in [-0.4, -0.2) is 62.3 Å². The Morgan fingerprint density at radius 1 is 1.26 bits per heavy atom. The van der Waals surface area contributed by atoms with Gasteiger partial charge in [0.25, 0.3) is 0 Å². The minimum Gasteiger partial charge on any atom is -0.497 e. The van der Waals surface area contributed by atoms with E-state index >= 15 is 0 Å². The number of hydrogen-bond donors (Lipinski definition) is 2. The van der Waals surface area contributed by atoms with E-state index in [0.717, 1.165) is 75.1 Å². The molecule has 0 bridgehead atoms. The zero-order valence-corrected chi connectivity index (χ0v) is 19.9. The van der Waals surface area contributed by atoms with Crippen LogP contribution in [0.25, 0.3) is 0 Å². The van der Waals surface area contributed by atoms with Crippen LogP contribution in [0.5, 0.6) is 11.5 Å². The molecule has 7 nitrogen and oxygen atoms in total. The first kappa shape index (κ1) is 23.3. The summed E-state index contributed by atoms with van der Waals surface area (Å²) in [7, 11) is 3.38. The minimum atomic E-state index is 0.395. The van der Waals surface area contributed by atoms with Gasteiger partial charge in [-0.05, 0) is 44.4 Å². The number of nitrogens with zero attached hydrogens (tertiary/aromatic N) is 3. The summed E-state index contributed by atoms with van der Waals surface area (Å²) in [5, 5.41) is 10.3. The van der Waals surface area contributed by atoms with Crippen LogP contribution >= 0.6 is 11.3 Å². The third-order valence-corrected chi connectivity index (χ3v) is 6.29. The maximum absolute atomic E-state index is 5.40. The van der Waals surface area contributed by atoms with E-state index in [1.807, 2.05) is 13.0 Å². The number of aryl methyl sites for hydroxylation is 2. The molecule has 1 atom stereocenters. The summed E-state index contributed by atoms with van der Waals surface area (Å²) < 4.78 is 10.8. The molecule has 170 valence electrons. The summed E-state index contributed by atoms with van der Waals surface area (Å²) in [4.78, 5) is 11.8. The van der Waals surface area contributed by atoms with E-state index in [2.05, 4.69) is 45.0 Å². The van der Waals surface area contributed by atoms with E-state index in [4.69, 9.17) is 14.5 Å². The highest BCUT2D eigenvalue weighted by Gasteiger charge is 2.23. The van der Waals surface area contributed by atoms with Gasteiger partial charge < -0.3 is 20.1 Å². The molecule has 0 radical (unpaired) electrons. The van der Waals surface area contributed by atoms with Crippen molar-refractivity contribution in [2.45, 2.75) is 45.7 Å². The molecule has 1 unspecified atom stereocenters. The molecular formula is C23H35N5O2S. The third kappa shape index (κ3) is 7.40. The van der Waals surface area contributed by atoms with Gasteiger partial charge >= 0.3 is 0 Å². The standard InChI is InChI=1S/C23H35N5O2S/c1-5-24-23(25-9-6-7-22-26-17(2)16-31-22)27-19-8-10-28(15-19)14-18-11-20(29-3)13-21(12-18)30-4/h11-13,16,19H,5-10,14-15H2,1-4H3,(H2,24,25,27). The SMILES string of the molecule is CCNC(=NCCCc1nc(C)cs1)NC1CCN(Cc2cc(OC)cc(OC)c2)C1. The van der Waals surface area contributed by atoms with Crippen LogP contribution in [0.15, 0.2) is 28.6 Å². The number of nitrogens with one attached hydrogen (secondary N) is 2. The Hall–Kier alpha value is -2.32. The Morgan fingerprint density at radius 3 is 2.68 bits per heavy atom. The second-order valence-electron chi connectivity index (χ2n) is 7.83. The van der Waals surface area contributed by atoms with Crippen LogP contribution in [0.4, 0.5) is 0 Å². The van der Waals surface area contributed by atoms with E-state index < -0.39 is 0 Å². The van der Waals surface area contributed by atoms with Gasteiger partial charge in [0.15, 0.2) is 5.96 Å². The van der Waals surface area contributed by atoms with Gasteiger partial charge in [0.2, 0.25) is 0 Å².